The molecule has 0 fully saturated rings. The van der Waals surface area contributed by atoms with Crippen molar-refractivity contribution < 1.29 is 37.6 Å². The number of para-hydroxylation sites is 1. The Morgan fingerprint density at radius 2 is 2.06 bits per heavy atom. The minimum atomic E-state index is -0.333. The number of rotatable bonds is 4. The zero-order chi connectivity index (χ0) is 11.4. The van der Waals surface area contributed by atoms with Gasteiger partial charge in [-0.3, -0.25) is 20.1 Å². The first-order valence-electron chi connectivity index (χ1n) is 4.92. The summed E-state index contributed by atoms with van der Waals surface area (Å²) in [6.45, 7) is -0.0711. The summed E-state index contributed by atoms with van der Waals surface area (Å²) in [6.07, 6.45) is 3.63. The second kappa shape index (κ2) is 6.62. The number of nitro groups is 1. The quantitative estimate of drug-likeness (QED) is 0.491. The summed E-state index contributed by atoms with van der Waals surface area (Å²) < 4.78 is 0. The summed E-state index contributed by atoms with van der Waals surface area (Å²) >= 11 is 0. The minimum absolute atomic E-state index is 0. The monoisotopic (exact) mass is 305 g/mol. The van der Waals surface area contributed by atoms with E-state index in [0.29, 0.717) is 6.42 Å². The van der Waals surface area contributed by atoms with E-state index in [1.54, 1.807) is 6.42 Å². The van der Waals surface area contributed by atoms with Gasteiger partial charge in [0.25, 0.3) is 0 Å². The molecular formula is C11H10N3O2Y-. The fraction of sp³-hybridized carbons (Fsp3) is 0.182. The van der Waals surface area contributed by atoms with Gasteiger partial charge in [0.15, 0.2) is 6.54 Å². The molecule has 2 rings (SSSR count). The Labute approximate surface area is 124 Å². The molecule has 0 saturated carbocycles. The molecule has 0 aliphatic rings. The Morgan fingerprint density at radius 3 is 2.82 bits per heavy atom. The summed E-state index contributed by atoms with van der Waals surface area (Å²) in [5.41, 5.74) is 1.61. The van der Waals surface area contributed by atoms with Crippen molar-refractivity contribution in [1.82, 2.24) is 9.97 Å². The second-order valence-electron chi connectivity index (χ2n) is 3.33. The summed E-state index contributed by atoms with van der Waals surface area (Å²) in [5, 5.41) is 11.1. The topological polar surface area (TPSA) is 68.9 Å². The van der Waals surface area contributed by atoms with Crippen molar-refractivity contribution in [1.29, 1.82) is 0 Å². The van der Waals surface area contributed by atoms with Crippen LogP contribution in [0.15, 0.2) is 30.6 Å². The third-order valence-corrected chi connectivity index (χ3v) is 2.22. The van der Waals surface area contributed by atoms with Gasteiger partial charge >= 0.3 is 0 Å². The molecule has 17 heavy (non-hydrogen) atoms. The molecule has 0 N–H and O–H groups in total. The number of fused-ring (bicyclic) bond motifs is 1. The molecule has 0 amide bonds. The minimum Gasteiger partial charge on any atom is -0.275 e. The maximum Gasteiger partial charge on any atom is 0.192 e. The van der Waals surface area contributed by atoms with Gasteiger partial charge in [-0.15, -0.1) is 11.5 Å². The summed E-state index contributed by atoms with van der Waals surface area (Å²) in [4.78, 5) is 18.1. The molecule has 0 aliphatic heterocycles. The number of nitrogens with zero attached hydrogens (tertiary/aromatic N) is 3. The van der Waals surface area contributed by atoms with Crippen LogP contribution in [-0.4, -0.2) is 21.4 Å². The van der Waals surface area contributed by atoms with Crippen LogP contribution in [-0.2, 0) is 32.7 Å². The van der Waals surface area contributed by atoms with Gasteiger partial charge in [0.1, 0.15) is 6.33 Å². The average molecular weight is 305 g/mol. The molecule has 85 valence electrons. The first kappa shape index (κ1) is 14.0. The average Bonchev–Trinajstić information content (AvgIpc) is 2.29. The smallest absolute Gasteiger partial charge is 0.192 e. The van der Waals surface area contributed by atoms with Crippen LogP contribution in [0.3, 0.4) is 0 Å². The van der Waals surface area contributed by atoms with Crippen molar-refractivity contribution in [2.75, 3.05) is 6.54 Å². The molecule has 1 aromatic carbocycles. The molecule has 1 heterocycles. The molecule has 2 aromatic rings. The molecule has 0 saturated heterocycles. The fourth-order valence-electron chi connectivity index (χ4n) is 1.49. The zero-order valence-corrected chi connectivity index (χ0v) is 12.0. The zero-order valence-electron chi connectivity index (χ0n) is 9.11. The molecule has 0 atom stereocenters. The molecule has 5 nitrogen and oxygen atoms in total. The maximum absolute atomic E-state index is 10.2. The van der Waals surface area contributed by atoms with E-state index in [-0.39, 0.29) is 44.2 Å². The third-order valence-electron chi connectivity index (χ3n) is 2.22. The molecule has 6 heteroatoms. The van der Waals surface area contributed by atoms with Crippen LogP contribution in [0.25, 0.3) is 10.9 Å². The van der Waals surface area contributed by atoms with Gasteiger partial charge in [0.2, 0.25) is 0 Å². The van der Waals surface area contributed by atoms with E-state index in [4.69, 9.17) is 0 Å². The fourth-order valence-corrected chi connectivity index (χ4v) is 1.49. The van der Waals surface area contributed by atoms with Gasteiger partial charge in [-0.05, 0) is 11.9 Å². The van der Waals surface area contributed by atoms with E-state index < -0.39 is 0 Å². The van der Waals surface area contributed by atoms with Gasteiger partial charge in [-0.2, -0.15) is 6.42 Å². The predicted molar refractivity (Wildman–Crippen MR) is 59.4 cm³/mol. The van der Waals surface area contributed by atoms with Crippen molar-refractivity contribution in [3.8, 4) is 0 Å². The van der Waals surface area contributed by atoms with Crippen LogP contribution in [0.4, 0.5) is 0 Å². The van der Waals surface area contributed by atoms with Crippen molar-refractivity contribution in [3.63, 3.8) is 0 Å². The van der Waals surface area contributed by atoms with Gasteiger partial charge in [0.05, 0.1) is 0 Å². The maximum atomic E-state index is 10.2. The Hall–Kier alpha value is -1.07. The normalized spacial score (nSPS) is 9.65. The number of hydrogen-bond acceptors (Lipinski definition) is 4. The van der Waals surface area contributed by atoms with Gasteiger partial charge in [-0.25, -0.2) is 0 Å². The van der Waals surface area contributed by atoms with E-state index in [2.05, 4.69) is 9.97 Å². The van der Waals surface area contributed by atoms with Crippen molar-refractivity contribution in [3.05, 3.63) is 52.8 Å². The molecule has 0 unspecified atom stereocenters. The first-order valence-corrected chi connectivity index (χ1v) is 4.92. The molecular weight excluding hydrogens is 295 g/mol. The van der Waals surface area contributed by atoms with Crippen LogP contribution < -0.4 is 0 Å². The standard InChI is InChI=1S/C11H10N3O2.Y/c15-14(16)7-3-6-11-9-4-1-2-5-10(9)12-8-13-11;/h1-2,4-6,8H,3,7H2;/q-1;. The van der Waals surface area contributed by atoms with Gasteiger partial charge in [0, 0.05) is 37.6 Å². The summed E-state index contributed by atoms with van der Waals surface area (Å²) in [6, 6.07) is 7.60. The van der Waals surface area contributed by atoms with Crippen LogP contribution in [0, 0.1) is 16.5 Å². The molecule has 0 aliphatic carbocycles. The summed E-state index contributed by atoms with van der Waals surface area (Å²) in [7, 11) is 0. The third kappa shape index (κ3) is 3.71. The SMILES string of the molecule is O=[N+]([O-])CC[CH-]c1ncnc2ccccc12.[Y]. The molecule has 0 spiro atoms. The Bertz CT molecular complexity index is 514. The van der Waals surface area contributed by atoms with E-state index in [1.165, 1.54) is 6.33 Å². The van der Waals surface area contributed by atoms with Crippen molar-refractivity contribution in [2.45, 2.75) is 6.42 Å². The van der Waals surface area contributed by atoms with E-state index in [1.807, 2.05) is 24.3 Å². The number of aromatic nitrogens is 2. The van der Waals surface area contributed by atoms with Gasteiger partial charge in [-0.1, -0.05) is 23.9 Å². The Kier molecular flexibility index (Phi) is 5.45. The molecule has 0 bridgehead atoms. The van der Waals surface area contributed by atoms with E-state index in [0.717, 1.165) is 16.6 Å². The van der Waals surface area contributed by atoms with Crippen LogP contribution >= 0.6 is 0 Å². The van der Waals surface area contributed by atoms with E-state index >= 15 is 0 Å². The van der Waals surface area contributed by atoms with Crippen LogP contribution in [0.5, 0.6) is 0 Å². The largest absolute Gasteiger partial charge is 0.275 e. The number of benzene rings is 1. The van der Waals surface area contributed by atoms with Crippen LogP contribution in [0.1, 0.15) is 12.1 Å². The molecule has 1 aromatic heterocycles. The first-order chi connectivity index (χ1) is 7.77. The Balaban J connectivity index is 0.00000144. The van der Waals surface area contributed by atoms with Crippen LogP contribution in [0.2, 0.25) is 0 Å². The predicted octanol–water partition coefficient (Wildman–Crippen LogP) is 1.85. The summed E-state index contributed by atoms with van der Waals surface area (Å²) in [5.74, 6) is 0. The van der Waals surface area contributed by atoms with Crippen molar-refractivity contribution in [2.24, 2.45) is 0 Å². The Morgan fingerprint density at radius 1 is 1.29 bits per heavy atom. The van der Waals surface area contributed by atoms with Gasteiger partial charge < -0.3 is 0 Å². The van der Waals surface area contributed by atoms with E-state index in [9.17, 15) is 10.1 Å². The molecule has 1 radical (unpaired) electrons. The van der Waals surface area contributed by atoms with Crippen molar-refractivity contribution >= 4 is 10.9 Å². The second-order valence-corrected chi connectivity index (χ2v) is 3.33. The number of hydrogen-bond donors (Lipinski definition) is 0.